The number of hydrogen-bond donors (Lipinski definition) is 1. The average molecular weight is 367 g/mol. The van der Waals surface area contributed by atoms with E-state index in [0.29, 0.717) is 24.4 Å². The molecule has 8 heteroatoms. The van der Waals surface area contributed by atoms with Gasteiger partial charge in [0.05, 0.1) is 6.04 Å². The summed E-state index contributed by atoms with van der Waals surface area (Å²) in [6, 6.07) is 5.59. The summed E-state index contributed by atoms with van der Waals surface area (Å²) in [6.07, 6.45) is 2.46. The predicted octanol–water partition coefficient (Wildman–Crippen LogP) is 2.28. The molecule has 8 nitrogen and oxygen atoms in total. The Morgan fingerprint density at radius 1 is 1.30 bits per heavy atom. The molecule has 0 saturated carbocycles. The highest BCUT2D eigenvalue weighted by molar-refractivity contribution is 5.76. The summed E-state index contributed by atoms with van der Waals surface area (Å²) in [5.74, 6) is 2.01. The maximum atomic E-state index is 12.4. The number of aryl methyl sites for hydroxylation is 2. The van der Waals surface area contributed by atoms with E-state index in [9.17, 15) is 4.79 Å². The van der Waals surface area contributed by atoms with Gasteiger partial charge in [-0.2, -0.15) is 10.1 Å². The van der Waals surface area contributed by atoms with Crippen LogP contribution in [-0.4, -0.2) is 32.3 Å². The van der Waals surface area contributed by atoms with Crippen molar-refractivity contribution in [1.82, 2.24) is 24.9 Å². The summed E-state index contributed by atoms with van der Waals surface area (Å²) in [6.45, 7) is 6.10. The molecule has 1 atom stereocenters. The van der Waals surface area contributed by atoms with E-state index in [-0.39, 0.29) is 18.7 Å². The van der Waals surface area contributed by atoms with Crippen molar-refractivity contribution in [1.29, 1.82) is 0 Å². The van der Waals surface area contributed by atoms with Crippen LogP contribution in [0.1, 0.15) is 41.9 Å². The molecule has 1 amide bonds. The predicted molar refractivity (Wildman–Crippen MR) is 97.7 cm³/mol. The molecule has 1 aromatic carbocycles. The maximum Gasteiger partial charge on any atom is 0.252 e. The number of nitrogens with one attached hydrogen (secondary N) is 1. The quantitative estimate of drug-likeness (QED) is 0.744. The number of carbonyl (C=O) groups excluding carboxylic acids is 1. The van der Waals surface area contributed by atoms with Crippen molar-refractivity contribution in [2.75, 3.05) is 6.79 Å². The molecule has 4 rings (SSSR count). The Kier molecular flexibility index (Phi) is 4.39. The molecular weight excluding hydrogens is 346 g/mol. The molecule has 0 radical (unpaired) electrons. The smallest absolute Gasteiger partial charge is 0.252 e. The number of benzene rings is 1. The molecule has 3 heterocycles. The van der Waals surface area contributed by atoms with Gasteiger partial charge in [0.15, 0.2) is 11.5 Å². The standard InChI is InChI=1S/C19H21N5O3/c1-11(14-4-6-16-17(8-14)27-10-26-16)22-18(25)7-5-15-12(2)23-19-20-9-21-24(19)13(15)3/h4,6,8-9,11H,5,7,10H2,1-3H3,(H,22,25). The van der Waals surface area contributed by atoms with E-state index in [4.69, 9.17) is 9.47 Å². The number of carbonyl (C=O) groups is 1. The van der Waals surface area contributed by atoms with Gasteiger partial charge in [-0.15, -0.1) is 0 Å². The maximum absolute atomic E-state index is 12.4. The fourth-order valence-corrected chi connectivity index (χ4v) is 3.34. The van der Waals surface area contributed by atoms with Crippen LogP contribution in [0, 0.1) is 13.8 Å². The van der Waals surface area contributed by atoms with E-state index in [1.165, 1.54) is 6.33 Å². The molecule has 2 aromatic heterocycles. The lowest BCUT2D eigenvalue weighted by atomic mass is 10.0. The van der Waals surface area contributed by atoms with Crippen LogP contribution in [-0.2, 0) is 11.2 Å². The minimum Gasteiger partial charge on any atom is -0.454 e. The van der Waals surface area contributed by atoms with Crippen LogP contribution in [0.2, 0.25) is 0 Å². The highest BCUT2D eigenvalue weighted by atomic mass is 16.7. The van der Waals surface area contributed by atoms with Crippen LogP contribution in [0.25, 0.3) is 5.78 Å². The molecule has 1 N–H and O–H groups in total. The molecule has 140 valence electrons. The number of amides is 1. The zero-order valence-electron chi connectivity index (χ0n) is 15.5. The second-order valence-corrected chi connectivity index (χ2v) is 6.63. The zero-order chi connectivity index (χ0) is 19.0. The molecule has 0 spiro atoms. The first kappa shape index (κ1) is 17.3. The Bertz CT molecular complexity index is 1010. The van der Waals surface area contributed by atoms with Crippen LogP contribution < -0.4 is 14.8 Å². The van der Waals surface area contributed by atoms with Crippen molar-refractivity contribution in [3.8, 4) is 11.5 Å². The highest BCUT2D eigenvalue weighted by Gasteiger charge is 2.18. The van der Waals surface area contributed by atoms with E-state index in [0.717, 1.165) is 28.3 Å². The Balaban J connectivity index is 1.41. The van der Waals surface area contributed by atoms with E-state index >= 15 is 0 Å². The summed E-state index contributed by atoms with van der Waals surface area (Å²) in [7, 11) is 0. The van der Waals surface area contributed by atoms with Crippen LogP contribution in [0.3, 0.4) is 0 Å². The first-order valence-corrected chi connectivity index (χ1v) is 8.87. The van der Waals surface area contributed by atoms with Crippen LogP contribution in [0.15, 0.2) is 24.5 Å². The number of nitrogens with zero attached hydrogens (tertiary/aromatic N) is 4. The molecule has 1 unspecified atom stereocenters. The van der Waals surface area contributed by atoms with E-state index in [1.54, 1.807) is 4.52 Å². The van der Waals surface area contributed by atoms with E-state index < -0.39 is 0 Å². The van der Waals surface area contributed by atoms with Crippen LogP contribution in [0.5, 0.6) is 11.5 Å². The van der Waals surface area contributed by atoms with E-state index in [2.05, 4.69) is 20.4 Å². The van der Waals surface area contributed by atoms with Gasteiger partial charge in [0.25, 0.3) is 5.78 Å². The normalized spacial score (nSPS) is 13.7. The fourth-order valence-electron chi connectivity index (χ4n) is 3.34. The van der Waals surface area contributed by atoms with Gasteiger partial charge in [-0.05, 0) is 50.5 Å². The molecule has 1 aliphatic heterocycles. The second kappa shape index (κ2) is 6.86. The van der Waals surface area contributed by atoms with Crippen molar-refractivity contribution >= 4 is 11.7 Å². The third-order valence-electron chi connectivity index (χ3n) is 4.86. The highest BCUT2D eigenvalue weighted by Crippen LogP contribution is 2.34. The SMILES string of the molecule is Cc1nc2ncnn2c(C)c1CCC(=O)NC(C)c1ccc2c(c1)OCO2. The largest absolute Gasteiger partial charge is 0.454 e. The van der Waals surface area contributed by atoms with Gasteiger partial charge in [-0.3, -0.25) is 4.79 Å². The molecule has 0 bridgehead atoms. The molecule has 1 aliphatic rings. The number of ether oxygens (including phenoxy) is 2. The lowest BCUT2D eigenvalue weighted by Gasteiger charge is -2.15. The van der Waals surface area contributed by atoms with Gasteiger partial charge in [0.1, 0.15) is 6.33 Å². The van der Waals surface area contributed by atoms with Crippen molar-refractivity contribution in [3.63, 3.8) is 0 Å². The second-order valence-electron chi connectivity index (χ2n) is 6.63. The monoisotopic (exact) mass is 367 g/mol. The zero-order valence-corrected chi connectivity index (χ0v) is 15.5. The van der Waals surface area contributed by atoms with Crippen molar-refractivity contribution in [3.05, 3.63) is 47.0 Å². The van der Waals surface area contributed by atoms with Gasteiger partial charge in [0.2, 0.25) is 12.7 Å². The van der Waals surface area contributed by atoms with Crippen LogP contribution in [0.4, 0.5) is 0 Å². The number of fused-ring (bicyclic) bond motifs is 2. The molecule has 0 saturated heterocycles. The van der Waals surface area contributed by atoms with Crippen molar-refractivity contribution < 1.29 is 14.3 Å². The summed E-state index contributed by atoms with van der Waals surface area (Å²) >= 11 is 0. The third kappa shape index (κ3) is 3.30. The van der Waals surface area contributed by atoms with Gasteiger partial charge in [0, 0.05) is 17.8 Å². The summed E-state index contributed by atoms with van der Waals surface area (Å²) in [5, 5.41) is 7.22. The minimum absolute atomic E-state index is 0.0161. The molecule has 0 aliphatic carbocycles. The summed E-state index contributed by atoms with van der Waals surface area (Å²) in [4.78, 5) is 21.0. The Hall–Kier alpha value is -3.16. The molecule has 0 fully saturated rings. The fraction of sp³-hybridized carbons (Fsp3) is 0.368. The van der Waals surface area contributed by atoms with Gasteiger partial charge in [-0.1, -0.05) is 6.07 Å². The van der Waals surface area contributed by atoms with E-state index in [1.807, 2.05) is 39.0 Å². The van der Waals surface area contributed by atoms with Gasteiger partial charge >= 0.3 is 0 Å². The van der Waals surface area contributed by atoms with Gasteiger partial charge in [-0.25, -0.2) is 9.50 Å². The van der Waals surface area contributed by atoms with Crippen molar-refractivity contribution in [2.24, 2.45) is 0 Å². The molecular formula is C19H21N5O3. The number of hydrogen-bond acceptors (Lipinski definition) is 6. The van der Waals surface area contributed by atoms with Crippen LogP contribution >= 0.6 is 0 Å². The van der Waals surface area contributed by atoms with Gasteiger partial charge < -0.3 is 14.8 Å². The van der Waals surface area contributed by atoms with Crippen molar-refractivity contribution in [2.45, 2.75) is 39.7 Å². The molecule has 27 heavy (non-hydrogen) atoms. The summed E-state index contributed by atoms with van der Waals surface area (Å²) in [5.41, 5.74) is 3.85. The Labute approximate surface area is 156 Å². The number of aromatic nitrogens is 4. The topological polar surface area (TPSA) is 90.6 Å². The Morgan fingerprint density at radius 2 is 2.11 bits per heavy atom. The lowest BCUT2D eigenvalue weighted by molar-refractivity contribution is -0.121. The Morgan fingerprint density at radius 3 is 2.96 bits per heavy atom. The molecule has 3 aromatic rings. The average Bonchev–Trinajstić information content (AvgIpc) is 3.29. The summed E-state index contributed by atoms with van der Waals surface area (Å²) < 4.78 is 12.4. The number of rotatable bonds is 5. The lowest BCUT2D eigenvalue weighted by Crippen LogP contribution is -2.27. The first-order valence-electron chi connectivity index (χ1n) is 8.87. The minimum atomic E-state index is -0.120. The third-order valence-corrected chi connectivity index (χ3v) is 4.86. The first-order chi connectivity index (χ1) is 13.0.